The van der Waals surface area contributed by atoms with E-state index in [0.29, 0.717) is 12.8 Å². The average Bonchev–Trinajstić information content (AvgIpc) is 2.22. The monoisotopic (exact) mass is 236 g/mol. The molecule has 0 aliphatic carbocycles. The smallest absolute Gasteiger partial charge is 0.330 e. The Labute approximate surface area is 90.2 Å². The number of carbonyl (C=O) groups excluding carboxylic acids is 1. The van der Waals surface area contributed by atoms with Crippen LogP contribution in [-0.2, 0) is 23.8 Å². The molecule has 0 radical (unpaired) electrons. The van der Waals surface area contributed by atoms with E-state index in [1.54, 1.807) is 0 Å². The van der Waals surface area contributed by atoms with Crippen LogP contribution >= 0.6 is 0 Å². The highest BCUT2D eigenvalue weighted by Crippen LogP contribution is 1.97. The van der Waals surface area contributed by atoms with E-state index in [9.17, 15) is 13.2 Å². The lowest BCUT2D eigenvalue weighted by Gasteiger charge is -2.03. The minimum absolute atomic E-state index is 0.0293. The predicted octanol–water partition coefficient (Wildman–Crippen LogP) is 0.862. The van der Waals surface area contributed by atoms with E-state index in [4.69, 9.17) is 0 Å². The fraction of sp³-hybridized carbons (Fsp3) is 0.667. The van der Waals surface area contributed by atoms with E-state index in [1.165, 1.54) is 6.92 Å². The second-order valence-electron chi connectivity index (χ2n) is 2.75. The number of carbonyl (C=O) groups is 1. The highest BCUT2D eigenvalue weighted by atomic mass is 32.2. The minimum Gasteiger partial charge on any atom is -0.463 e. The highest BCUT2D eigenvalue weighted by molar-refractivity contribution is 7.86. The van der Waals surface area contributed by atoms with Crippen molar-refractivity contribution in [2.24, 2.45) is 0 Å². The van der Waals surface area contributed by atoms with Crippen molar-refractivity contribution < 1.29 is 22.1 Å². The molecule has 5 nitrogen and oxygen atoms in total. The first-order valence-electron chi connectivity index (χ1n) is 4.68. The number of hydrogen-bond acceptors (Lipinski definition) is 5. The van der Waals surface area contributed by atoms with Gasteiger partial charge in [-0.1, -0.05) is 6.58 Å². The lowest BCUT2D eigenvalue weighted by Crippen LogP contribution is -2.10. The Morgan fingerprint density at radius 3 is 2.47 bits per heavy atom. The van der Waals surface area contributed by atoms with Crippen molar-refractivity contribution in [3.8, 4) is 0 Å². The topological polar surface area (TPSA) is 69.7 Å². The van der Waals surface area contributed by atoms with Crippen LogP contribution < -0.4 is 0 Å². The summed E-state index contributed by atoms with van der Waals surface area (Å²) in [5.41, 5.74) is 0. The largest absolute Gasteiger partial charge is 0.463 e. The van der Waals surface area contributed by atoms with Gasteiger partial charge in [0.1, 0.15) is 0 Å². The summed E-state index contributed by atoms with van der Waals surface area (Å²) in [4.78, 5) is 10.6. The molecule has 0 rings (SSSR count). The van der Waals surface area contributed by atoms with Crippen molar-refractivity contribution in [2.75, 3.05) is 19.0 Å². The first kappa shape index (κ1) is 14.1. The second kappa shape index (κ2) is 7.42. The van der Waals surface area contributed by atoms with Gasteiger partial charge < -0.3 is 4.74 Å². The van der Waals surface area contributed by atoms with Crippen molar-refractivity contribution >= 4 is 16.1 Å². The fourth-order valence-electron chi connectivity index (χ4n) is 0.705. The van der Waals surface area contributed by atoms with E-state index < -0.39 is 16.1 Å². The van der Waals surface area contributed by atoms with Crippen molar-refractivity contribution in [3.05, 3.63) is 12.7 Å². The van der Waals surface area contributed by atoms with Gasteiger partial charge in [-0.15, -0.1) is 0 Å². The Hall–Kier alpha value is -0.880. The standard InChI is InChI=1S/C9H16O5S/c1-3-9(10)13-7-5-6-8-14-15(11,12)4-2/h3H,1,4-8H2,2H3. The van der Waals surface area contributed by atoms with Crippen LogP contribution in [0.3, 0.4) is 0 Å². The quantitative estimate of drug-likeness (QED) is 0.270. The molecule has 0 fully saturated rings. The van der Waals surface area contributed by atoms with Crippen LogP contribution in [0, 0.1) is 0 Å². The zero-order valence-corrected chi connectivity index (χ0v) is 9.59. The minimum atomic E-state index is -3.35. The predicted molar refractivity (Wildman–Crippen MR) is 55.8 cm³/mol. The zero-order valence-electron chi connectivity index (χ0n) is 8.77. The third kappa shape index (κ3) is 8.14. The summed E-state index contributed by atoms with van der Waals surface area (Å²) >= 11 is 0. The van der Waals surface area contributed by atoms with E-state index in [2.05, 4.69) is 15.5 Å². The Kier molecular flexibility index (Phi) is 6.98. The molecule has 0 spiro atoms. The average molecular weight is 236 g/mol. The van der Waals surface area contributed by atoms with Gasteiger partial charge in [0.2, 0.25) is 0 Å². The summed E-state index contributed by atoms with van der Waals surface area (Å²) in [6, 6.07) is 0. The van der Waals surface area contributed by atoms with Gasteiger partial charge in [-0.05, 0) is 19.8 Å². The normalized spacial score (nSPS) is 11.0. The molecular formula is C9H16O5S. The molecule has 0 aliphatic rings. The van der Waals surface area contributed by atoms with Crippen molar-refractivity contribution in [1.82, 2.24) is 0 Å². The summed E-state index contributed by atoms with van der Waals surface area (Å²) in [7, 11) is -3.35. The molecule has 0 aromatic carbocycles. The van der Waals surface area contributed by atoms with E-state index in [1.807, 2.05) is 0 Å². The number of rotatable bonds is 8. The molecule has 0 bridgehead atoms. The summed E-state index contributed by atoms with van der Waals surface area (Å²) in [5.74, 6) is -0.504. The molecule has 0 unspecified atom stereocenters. The molecule has 88 valence electrons. The van der Waals surface area contributed by atoms with Gasteiger partial charge in [-0.2, -0.15) is 8.42 Å². The van der Waals surface area contributed by atoms with Gasteiger partial charge in [-0.25, -0.2) is 4.79 Å². The van der Waals surface area contributed by atoms with Gasteiger partial charge in [0, 0.05) is 6.08 Å². The summed E-state index contributed by atoms with van der Waals surface area (Å²) < 4.78 is 31.0. The van der Waals surface area contributed by atoms with Gasteiger partial charge >= 0.3 is 5.97 Å². The van der Waals surface area contributed by atoms with Crippen LogP contribution in [0.25, 0.3) is 0 Å². The molecule has 0 aliphatic heterocycles. The lowest BCUT2D eigenvalue weighted by atomic mass is 10.3. The molecule has 0 N–H and O–H groups in total. The molecular weight excluding hydrogens is 220 g/mol. The van der Waals surface area contributed by atoms with Crippen molar-refractivity contribution in [1.29, 1.82) is 0 Å². The number of ether oxygens (including phenoxy) is 1. The summed E-state index contributed by atoms with van der Waals surface area (Å²) in [5, 5.41) is 0. The first-order valence-corrected chi connectivity index (χ1v) is 6.26. The van der Waals surface area contributed by atoms with Crippen LogP contribution in [0.4, 0.5) is 0 Å². The van der Waals surface area contributed by atoms with Crippen LogP contribution in [0.2, 0.25) is 0 Å². The van der Waals surface area contributed by atoms with Gasteiger partial charge in [0.25, 0.3) is 10.1 Å². The number of hydrogen-bond donors (Lipinski definition) is 0. The Bertz CT molecular complexity index is 294. The SMILES string of the molecule is C=CC(=O)OCCCCOS(=O)(=O)CC. The molecule has 0 atom stereocenters. The maximum atomic E-state index is 10.9. The van der Waals surface area contributed by atoms with Gasteiger partial charge in [0.05, 0.1) is 19.0 Å². The maximum Gasteiger partial charge on any atom is 0.330 e. The van der Waals surface area contributed by atoms with E-state index in [-0.39, 0.29) is 19.0 Å². The van der Waals surface area contributed by atoms with Gasteiger partial charge in [-0.3, -0.25) is 4.18 Å². The third-order valence-corrected chi connectivity index (χ3v) is 2.80. The maximum absolute atomic E-state index is 10.9. The third-order valence-electron chi connectivity index (χ3n) is 1.57. The lowest BCUT2D eigenvalue weighted by molar-refractivity contribution is -0.137. The molecule has 0 saturated heterocycles. The van der Waals surface area contributed by atoms with E-state index >= 15 is 0 Å². The fourth-order valence-corrected chi connectivity index (χ4v) is 1.24. The van der Waals surface area contributed by atoms with Crippen LogP contribution in [-0.4, -0.2) is 33.4 Å². The van der Waals surface area contributed by atoms with Crippen molar-refractivity contribution in [3.63, 3.8) is 0 Å². The second-order valence-corrected chi connectivity index (χ2v) is 4.68. The molecule has 0 aromatic heterocycles. The highest BCUT2D eigenvalue weighted by Gasteiger charge is 2.06. The first-order chi connectivity index (χ1) is 7.02. The Morgan fingerprint density at radius 1 is 1.33 bits per heavy atom. The summed E-state index contributed by atoms with van der Waals surface area (Å²) in [6.07, 6.45) is 2.18. The molecule has 6 heteroatoms. The van der Waals surface area contributed by atoms with Crippen LogP contribution in [0.5, 0.6) is 0 Å². The van der Waals surface area contributed by atoms with E-state index in [0.717, 1.165) is 6.08 Å². The molecule has 0 amide bonds. The number of unbranched alkanes of at least 4 members (excludes halogenated alkanes) is 1. The van der Waals surface area contributed by atoms with Crippen LogP contribution in [0.15, 0.2) is 12.7 Å². The Balaban J connectivity index is 3.41. The molecule has 15 heavy (non-hydrogen) atoms. The van der Waals surface area contributed by atoms with Crippen LogP contribution in [0.1, 0.15) is 19.8 Å². The molecule has 0 aromatic rings. The number of esters is 1. The zero-order chi connectivity index (χ0) is 11.7. The summed E-state index contributed by atoms with van der Waals surface area (Å²) in [6.45, 7) is 5.13. The Morgan fingerprint density at radius 2 is 1.93 bits per heavy atom. The molecule has 0 saturated carbocycles. The molecule has 0 heterocycles. The van der Waals surface area contributed by atoms with Crippen molar-refractivity contribution in [2.45, 2.75) is 19.8 Å². The van der Waals surface area contributed by atoms with Gasteiger partial charge in [0.15, 0.2) is 0 Å².